The summed E-state index contributed by atoms with van der Waals surface area (Å²) in [7, 11) is 1.64. The second-order valence-corrected chi connectivity index (χ2v) is 8.64. The number of unbranched alkanes of at least 4 members (excludes halogenated alkanes) is 2. The summed E-state index contributed by atoms with van der Waals surface area (Å²) in [5, 5.41) is 14.4. The van der Waals surface area contributed by atoms with Gasteiger partial charge < -0.3 is 15.4 Å². The Balaban J connectivity index is 1.75. The molecule has 190 valence electrons. The van der Waals surface area contributed by atoms with Gasteiger partial charge in [0, 0.05) is 18.9 Å². The van der Waals surface area contributed by atoms with E-state index in [1.807, 2.05) is 54.6 Å². The quantitative estimate of drug-likeness (QED) is 0.176. The van der Waals surface area contributed by atoms with Crippen LogP contribution in [0, 0.1) is 5.92 Å². The Bertz CT molecular complexity index is 918. The maximum Gasteiger partial charge on any atom is 0.244 e. The van der Waals surface area contributed by atoms with Crippen LogP contribution in [0.2, 0.25) is 0 Å². The smallest absolute Gasteiger partial charge is 0.244 e. The molecule has 3 amide bonds. The summed E-state index contributed by atoms with van der Waals surface area (Å²) in [4.78, 5) is 36.9. The minimum Gasteiger partial charge on any atom is -0.497 e. The van der Waals surface area contributed by atoms with Crippen molar-refractivity contribution in [2.45, 2.75) is 57.9 Å². The number of benzene rings is 2. The Hall–Kier alpha value is -3.39. The second-order valence-electron chi connectivity index (χ2n) is 8.64. The van der Waals surface area contributed by atoms with Gasteiger partial charge in [-0.05, 0) is 55.9 Å². The van der Waals surface area contributed by atoms with Crippen LogP contribution < -0.4 is 20.9 Å². The average Bonchev–Trinajstić information content (AvgIpc) is 2.88. The SMILES string of the molecule is COc1ccc(CCCCC[C@H](CC(=O)NO)C(=O)N[C@@H](C)C(=O)NCCc2ccccc2)cc1. The number of carbonyl (C=O) groups is 3. The minimum absolute atomic E-state index is 0.136. The molecule has 0 unspecified atom stereocenters. The molecule has 0 fully saturated rings. The lowest BCUT2D eigenvalue weighted by Gasteiger charge is -2.19. The molecule has 4 N–H and O–H groups in total. The first kappa shape index (κ1) is 27.9. The number of amides is 3. The lowest BCUT2D eigenvalue weighted by molar-refractivity contribution is -0.136. The molecule has 2 rings (SSSR count). The van der Waals surface area contributed by atoms with Gasteiger partial charge in [-0.1, -0.05) is 55.3 Å². The number of aryl methyl sites for hydroxylation is 1. The molecular formula is C27H37N3O5. The zero-order chi connectivity index (χ0) is 25.5. The molecule has 0 spiro atoms. The zero-order valence-corrected chi connectivity index (χ0v) is 20.6. The van der Waals surface area contributed by atoms with Crippen LogP contribution in [-0.2, 0) is 27.2 Å². The molecule has 0 saturated heterocycles. The van der Waals surface area contributed by atoms with Crippen LogP contribution in [0.5, 0.6) is 5.75 Å². The second kappa shape index (κ2) is 15.5. The fourth-order valence-corrected chi connectivity index (χ4v) is 3.81. The van der Waals surface area contributed by atoms with E-state index in [1.54, 1.807) is 19.5 Å². The summed E-state index contributed by atoms with van der Waals surface area (Å²) >= 11 is 0. The van der Waals surface area contributed by atoms with E-state index in [0.29, 0.717) is 19.4 Å². The van der Waals surface area contributed by atoms with Crippen molar-refractivity contribution in [3.63, 3.8) is 0 Å². The molecular weight excluding hydrogens is 446 g/mol. The zero-order valence-electron chi connectivity index (χ0n) is 20.6. The van der Waals surface area contributed by atoms with Crippen molar-refractivity contribution < 1.29 is 24.3 Å². The summed E-state index contributed by atoms with van der Waals surface area (Å²) in [6.45, 7) is 2.08. The Labute approximate surface area is 207 Å². The van der Waals surface area contributed by atoms with Crippen LogP contribution >= 0.6 is 0 Å². The largest absolute Gasteiger partial charge is 0.497 e. The van der Waals surface area contributed by atoms with E-state index in [2.05, 4.69) is 10.6 Å². The third kappa shape index (κ3) is 10.6. The van der Waals surface area contributed by atoms with Crippen molar-refractivity contribution in [1.82, 2.24) is 16.1 Å². The number of hydroxylamine groups is 1. The molecule has 0 aromatic heterocycles. The fourth-order valence-electron chi connectivity index (χ4n) is 3.81. The maximum atomic E-state index is 12.8. The van der Waals surface area contributed by atoms with Gasteiger partial charge in [0.15, 0.2) is 0 Å². The highest BCUT2D eigenvalue weighted by atomic mass is 16.5. The van der Waals surface area contributed by atoms with Crippen LogP contribution in [0.25, 0.3) is 0 Å². The van der Waals surface area contributed by atoms with Gasteiger partial charge >= 0.3 is 0 Å². The van der Waals surface area contributed by atoms with Crippen LogP contribution in [-0.4, -0.2) is 42.6 Å². The summed E-state index contributed by atoms with van der Waals surface area (Å²) in [5.41, 5.74) is 3.93. The van der Waals surface area contributed by atoms with E-state index >= 15 is 0 Å². The van der Waals surface area contributed by atoms with Gasteiger partial charge in [0.05, 0.1) is 7.11 Å². The van der Waals surface area contributed by atoms with Crippen LogP contribution in [0.4, 0.5) is 0 Å². The Kier molecular flexibility index (Phi) is 12.3. The highest BCUT2D eigenvalue weighted by molar-refractivity contribution is 5.90. The van der Waals surface area contributed by atoms with Crippen molar-refractivity contribution in [2.75, 3.05) is 13.7 Å². The molecule has 0 radical (unpaired) electrons. The summed E-state index contributed by atoms with van der Waals surface area (Å²) < 4.78 is 5.17. The van der Waals surface area contributed by atoms with E-state index in [0.717, 1.165) is 37.0 Å². The third-order valence-corrected chi connectivity index (χ3v) is 5.91. The fraction of sp³-hybridized carbons (Fsp3) is 0.444. The van der Waals surface area contributed by atoms with E-state index in [-0.39, 0.29) is 18.2 Å². The third-order valence-electron chi connectivity index (χ3n) is 5.91. The van der Waals surface area contributed by atoms with Crippen molar-refractivity contribution in [3.05, 3.63) is 65.7 Å². The number of nitrogens with one attached hydrogen (secondary N) is 3. The van der Waals surface area contributed by atoms with Crippen LogP contribution in [0.15, 0.2) is 54.6 Å². The van der Waals surface area contributed by atoms with E-state index in [1.165, 1.54) is 5.56 Å². The lowest BCUT2D eigenvalue weighted by atomic mass is 9.95. The van der Waals surface area contributed by atoms with Crippen LogP contribution in [0.1, 0.15) is 50.2 Å². The highest BCUT2D eigenvalue weighted by Gasteiger charge is 2.24. The van der Waals surface area contributed by atoms with Crippen LogP contribution in [0.3, 0.4) is 0 Å². The predicted molar refractivity (Wildman–Crippen MR) is 134 cm³/mol. The average molecular weight is 484 g/mol. The molecule has 0 aliphatic heterocycles. The standard InChI is InChI=1S/C27H37N3O5/c1-20(26(32)28-18-17-21-9-5-3-6-10-21)29-27(33)23(19-25(31)30-34)12-8-4-7-11-22-13-15-24(35-2)16-14-22/h3,5-6,9-10,13-16,20,23,34H,4,7-8,11-12,17-19H2,1-2H3,(H,28,32)(H,29,33)(H,30,31)/t20-,23+/m0/s1. The number of methoxy groups -OCH3 is 1. The van der Waals surface area contributed by atoms with Crippen molar-refractivity contribution in [3.8, 4) is 5.75 Å². The topological polar surface area (TPSA) is 117 Å². The van der Waals surface area contributed by atoms with E-state index in [9.17, 15) is 14.4 Å². The van der Waals surface area contributed by atoms with Gasteiger partial charge in [0.25, 0.3) is 0 Å². The molecule has 0 aliphatic carbocycles. The van der Waals surface area contributed by atoms with E-state index in [4.69, 9.17) is 9.94 Å². The number of ether oxygens (including phenoxy) is 1. The van der Waals surface area contributed by atoms with Gasteiger partial charge in [0.2, 0.25) is 17.7 Å². The minimum atomic E-state index is -0.729. The Morgan fingerprint density at radius 1 is 0.886 bits per heavy atom. The summed E-state index contributed by atoms with van der Waals surface area (Å²) in [5.74, 6) is -1.07. The lowest BCUT2D eigenvalue weighted by Crippen LogP contribution is -2.47. The van der Waals surface area contributed by atoms with Gasteiger partial charge in [0.1, 0.15) is 11.8 Å². The molecule has 0 aliphatic rings. The molecule has 0 saturated carbocycles. The van der Waals surface area contributed by atoms with Gasteiger partial charge in [-0.3, -0.25) is 19.6 Å². The number of hydrogen-bond acceptors (Lipinski definition) is 5. The molecule has 2 aromatic rings. The molecule has 2 aromatic carbocycles. The highest BCUT2D eigenvalue weighted by Crippen LogP contribution is 2.17. The van der Waals surface area contributed by atoms with Crippen molar-refractivity contribution in [1.29, 1.82) is 0 Å². The summed E-state index contributed by atoms with van der Waals surface area (Å²) in [6.07, 6.45) is 4.57. The monoisotopic (exact) mass is 483 g/mol. The number of rotatable bonds is 15. The van der Waals surface area contributed by atoms with Crippen molar-refractivity contribution >= 4 is 17.7 Å². The molecule has 0 heterocycles. The summed E-state index contributed by atoms with van der Waals surface area (Å²) in [6, 6.07) is 17.0. The first-order chi connectivity index (χ1) is 16.9. The van der Waals surface area contributed by atoms with E-state index < -0.39 is 17.9 Å². The first-order valence-electron chi connectivity index (χ1n) is 12.1. The molecule has 8 nitrogen and oxygen atoms in total. The Morgan fingerprint density at radius 2 is 1.57 bits per heavy atom. The number of hydrogen-bond donors (Lipinski definition) is 4. The molecule has 8 heteroatoms. The number of carbonyl (C=O) groups excluding carboxylic acids is 3. The van der Waals surface area contributed by atoms with Gasteiger partial charge in [-0.25, -0.2) is 5.48 Å². The molecule has 2 atom stereocenters. The first-order valence-corrected chi connectivity index (χ1v) is 12.1. The predicted octanol–water partition coefficient (Wildman–Crippen LogP) is 3.17. The van der Waals surface area contributed by atoms with Crippen molar-refractivity contribution in [2.24, 2.45) is 5.92 Å². The normalized spacial score (nSPS) is 12.3. The molecule has 0 bridgehead atoms. The van der Waals surface area contributed by atoms with Gasteiger partial charge in [-0.2, -0.15) is 0 Å². The molecule has 35 heavy (non-hydrogen) atoms. The maximum absolute atomic E-state index is 12.8. The van der Waals surface area contributed by atoms with Gasteiger partial charge in [-0.15, -0.1) is 0 Å². The Morgan fingerprint density at radius 3 is 2.23 bits per heavy atom.